The van der Waals surface area contributed by atoms with Gasteiger partial charge in [0.15, 0.2) is 11.6 Å². The second-order valence-electron chi connectivity index (χ2n) is 10.6. The Hall–Kier alpha value is -2.23. The Kier molecular flexibility index (Phi) is 7.92. The molecule has 2 fully saturated rings. The predicted molar refractivity (Wildman–Crippen MR) is 135 cm³/mol. The maximum Gasteiger partial charge on any atom is 0.242 e. The first kappa shape index (κ1) is 26.8. The van der Waals surface area contributed by atoms with Crippen molar-refractivity contribution in [3.63, 3.8) is 0 Å². The van der Waals surface area contributed by atoms with E-state index in [0.29, 0.717) is 25.5 Å². The van der Waals surface area contributed by atoms with Crippen molar-refractivity contribution in [2.75, 3.05) is 7.05 Å². The third kappa shape index (κ3) is 5.38. The van der Waals surface area contributed by atoms with Gasteiger partial charge >= 0.3 is 0 Å². The Morgan fingerprint density at radius 2 is 1.67 bits per heavy atom. The molecule has 2 heterocycles. The molecule has 4 rings (SSSR count). The minimum absolute atomic E-state index is 0.0217. The highest BCUT2D eigenvalue weighted by Gasteiger charge is 2.50. The minimum atomic E-state index is -1.55. The summed E-state index contributed by atoms with van der Waals surface area (Å²) in [6.07, 6.45) is 3.07. The molecule has 0 saturated carbocycles. The van der Waals surface area contributed by atoms with Crippen LogP contribution in [0.1, 0.15) is 50.7 Å². The van der Waals surface area contributed by atoms with Gasteiger partial charge in [-0.3, -0.25) is 4.79 Å². The maximum absolute atomic E-state index is 14.2. The largest absolute Gasteiger partial charge is 0.335 e. The second-order valence-corrected chi connectivity index (χ2v) is 12.7. The van der Waals surface area contributed by atoms with Gasteiger partial charge in [0.2, 0.25) is 5.91 Å². The van der Waals surface area contributed by atoms with Crippen molar-refractivity contribution in [3.05, 3.63) is 71.0 Å². The van der Waals surface area contributed by atoms with Crippen molar-refractivity contribution in [1.82, 2.24) is 9.21 Å². The number of halogens is 3. The van der Waals surface area contributed by atoms with Gasteiger partial charge in [-0.2, -0.15) is 0 Å². The summed E-state index contributed by atoms with van der Waals surface area (Å²) < 4.78 is 55.1. The van der Waals surface area contributed by atoms with Gasteiger partial charge in [-0.15, -0.1) is 0 Å². The zero-order valence-electron chi connectivity index (χ0n) is 20.9. The molecule has 5 atom stereocenters. The van der Waals surface area contributed by atoms with Crippen LogP contribution in [0.2, 0.25) is 0 Å². The summed E-state index contributed by atoms with van der Waals surface area (Å²) in [5, 5.41) is 0. The number of carbonyl (C=O) groups excluding carboxylic acids is 1. The van der Waals surface area contributed by atoms with E-state index in [1.165, 1.54) is 0 Å². The highest BCUT2D eigenvalue weighted by atomic mass is 32.2. The number of benzene rings is 2. The number of nitrogens with zero attached hydrogens (tertiary/aromatic N) is 2. The molecule has 1 amide bonds. The summed E-state index contributed by atoms with van der Waals surface area (Å²) >= 11 is 0. The fraction of sp³-hybridized carbons (Fsp3) is 0.519. The maximum atomic E-state index is 14.2. The number of hydrogen-bond donors (Lipinski definition) is 1. The first-order valence-electron chi connectivity index (χ1n) is 12.4. The van der Waals surface area contributed by atoms with Gasteiger partial charge in [-0.05, 0) is 69.1 Å². The Bertz CT molecular complexity index is 1120. The van der Waals surface area contributed by atoms with E-state index < -0.39 is 39.2 Å². The highest BCUT2D eigenvalue weighted by molar-refractivity contribution is 7.84. The number of fused-ring (bicyclic) bond motifs is 2. The third-order valence-electron chi connectivity index (χ3n) is 7.64. The first-order valence-corrected chi connectivity index (χ1v) is 13.5. The second kappa shape index (κ2) is 10.6. The molecule has 9 heteroatoms. The summed E-state index contributed by atoms with van der Waals surface area (Å²) in [6.45, 7) is 3.93. The van der Waals surface area contributed by atoms with Gasteiger partial charge in [-0.25, -0.2) is 21.7 Å². The minimum Gasteiger partial charge on any atom is -0.335 e. The Morgan fingerprint density at radius 3 is 2.28 bits per heavy atom. The fourth-order valence-electron chi connectivity index (χ4n) is 5.72. The van der Waals surface area contributed by atoms with E-state index >= 15 is 0 Å². The zero-order chi connectivity index (χ0) is 26.2. The molecule has 2 aromatic rings. The van der Waals surface area contributed by atoms with Gasteiger partial charge in [0.05, 0.1) is 0 Å². The average molecular weight is 522 g/mol. The molecule has 4 unspecified atom stereocenters. The monoisotopic (exact) mass is 521 g/mol. The lowest BCUT2D eigenvalue weighted by molar-refractivity contribution is -0.138. The molecule has 0 aromatic heterocycles. The molecule has 2 bridgehead atoms. The zero-order valence-corrected chi connectivity index (χ0v) is 21.7. The van der Waals surface area contributed by atoms with E-state index in [1.54, 1.807) is 25.2 Å². The van der Waals surface area contributed by atoms with E-state index in [-0.39, 0.29) is 35.9 Å². The lowest BCUT2D eigenvalue weighted by Gasteiger charge is -2.44. The highest BCUT2D eigenvalue weighted by Crippen LogP contribution is 2.42. The molecule has 0 radical (unpaired) electrons. The number of piperidine rings is 1. The number of hydrogen-bond acceptors (Lipinski definition) is 3. The van der Waals surface area contributed by atoms with E-state index in [2.05, 4.69) is 0 Å². The molecule has 5 nitrogen and oxygen atoms in total. The Labute approximate surface area is 213 Å². The molecule has 2 saturated heterocycles. The van der Waals surface area contributed by atoms with Gasteiger partial charge < -0.3 is 10.6 Å². The summed E-state index contributed by atoms with van der Waals surface area (Å²) in [5.74, 6) is -3.22. The van der Waals surface area contributed by atoms with Crippen LogP contribution >= 0.6 is 0 Å². The lowest BCUT2D eigenvalue weighted by Crippen LogP contribution is -2.58. The first-order chi connectivity index (χ1) is 17.0. The number of carbonyl (C=O) groups is 1. The van der Waals surface area contributed by atoms with Crippen molar-refractivity contribution >= 4 is 16.9 Å². The molecule has 2 N–H and O–H groups in total. The molecule has 2 aromatic carbocycles. The number of amides is 1. The van der Waals surface area contributed by atoms with Crippen molar-refractivity contribution in [2.24, 2.45) is 11.7 Å². The standard InChI is InChI=1S/C27H34F3N3O2S/c1-27(2,36(35)32(3)16-17-7-5-4-6-8-17)26(34)33-20-9-10-21(33)12-19(11-20)25(31)14-18-13-23(29)24(30)15-22(18)28/h4-8,13,15,19-21,25H,9-12,14,16,31H2,1-3H3/t19?,20-,21?,25?,36?/m0/s1. The fourth-order valence-corrected chi connectivity index (χ4v) is 7.02. The van der Waals surface area contributed by atoms with E-state index in [1.807, 2.05) is 35.2 Å². The van der Waals surface area contributed by atoms with Gasteiger partial charge in [0.25, 0.3) is 0 Å². The van der Waals surface area contributed by atoms with Crippen LogP contribution in [0, 0.1) is 23.4 Å². The summed E-state index contributed by atoms with van der Waals surface area (Å²) in [5.41, 5.74) is 7.49. The third-order valence-corrected chi connectivity index (χ3v) is 9.38. The van der Waals surface area contributed by atoms with Crippen molar-refractivity contribution < 1.29 is 22.2 Å². The molecular weight excluding hydrogens is 487 g/mol. The summed E-state index contributed by atoms with van der Waals surface area (Å²) in [4.78, 5) is 15.6. The molecule has 2 aliphatic heterocycles. The molecule has 0 aliphatic carbocycles. The quantitative estimate of drug-likeness (QED) is 0.527. The van der Waals surface area contributed by atoms with Gasteiger partial charge in [-0.1, -0.05) is 30.3 Å². The van der Waals surface area contributed by atoms with E-state index in [9.17, 15) is 22.2 Å². The van der Waals surface area contributed by atoms with E-state index in [4.69, 9.17) is 5.73 Å². The molecular formula is C27H34F3N3O2S. The molecule has 2 aliphatic rings. The van der Waals surface area contributed by atoms with Crippen LogP contribution < -0.4 is 5.73 Å². The van der Waals surface area contributed by atoms with Crippen molar-refractivity contribution in [2.45, 2.75) is 75.4 Å². The van der Waals surface area contributed by atoms with Crippen LogP contribution in [-0.4, -0.2) is 49.2 Å². The summed E-state index contributed by atoms with van der Waals surface area (Å²) in [6, 6.07) is 10.6. The van der Waals surface area contributed by atoms with Crippen LogP contribution in [0.4, 0.5) is 13.2 Å². The van der Waals surface area contributed by atoms with Crippen molar-refractivity contribution in [1.29, 1.82) is 0 Å². The SMILES string of the molecule is CN(Cc1ccccc1)S(=O)C(C)(C)C(=O)N1C2CC[C@H]1CC(C(N)Cc1cc(F)c(F)cc1F)C2. The number of nitrogens with two attached hydrogens (primary N) is 1. The van der Waals surface area contributed by atoms with Gasteiger partial charge in [0, 0.05) is 37.8 Å². The van der Waals surface area contributed by atoms with Crippen LogP contribution in [0.15, 0.2) is 42.5 Å². The lowest BCUT2D eigenvalue weighted by atomic mass is 9.82. The topological polar surface area (TPSA) is 66.6 Å². The van der Waals surface area contributed by atoms with Crippen molar-refractivity contribution in [3.8, 4) is 0 Å². The molecule has 36 heavy (non-hydrogen) atoms. The normalized spacial score (nSPS) is 23.7. The number of rotatable bonds is 8. The van der Waals surface area contributed by atoms with Gasteiger partial charge in [0.1, 0.15) is 21.5 Å². The van der Waals surface area contributed by atoms with Crippen LogP contribution in [0.3, 0.4) is 0 Å². The van der Waals surface area contributed by atoms with E-state index in [0.717, 1.165) is 24.5 Å². The molecule has 196 valence electrons. The Morgan fingerprint density at radius 1 is 1.08 bits per heavy atom. The predicted octanol–water partition coefficient (Wildman–Crippen LogP) is 4.32. The summed E-state index contributed by atoms with van der Waals surface area (Å²) in [7, 11) is 0.209. The smallest absolute Gasteiger partial charge is 0.242 e. The average Bonchev–Trinajstić information content (AvgIpc) is 3.10. The molecule has 0 spiro atoms. The van der Waals surface area contributed by atoms with Crippen LogP contribution in [0.5, 0.6) is 0 Å². The Balaban J connectivity index is 1.42. The van der Waals surface area contributed by atoms with Crippen LogP contribution in [-0.2, 0) is 28.7 Å². The van der Waals surface area contributed by atoms with Crippen LogP contribution in [0.25, 0.3) is 0 Å².